The monoisotopic (exact) mass is 336 g/mol. The van der Waals surface area contributed by atoms with E-state index >= 15 is 0 Å². The van der Waals surface area contributed by atoms with Crippen LogP contribution in [0.5, 0.6) is 11.5 Å². The third kappa shape index (κ3) is 4.24. The lowest BCUT2D eigenvalue weighted by molar-refractivity contribution is -0.130. The topological polar surface area (TPSA) is 50.8 Å². The van der Waals surface area contributed by atoms with Gasteiger partial charge in [-0.15, -0.1) is 0 Å². The first-order valence-electron chi connectivity index (χ1n) is 8.06. The molecule has 1 amide bonds. The van der Waals surface area contributed by atoms with E-state index in [1.54, 1.807) is 6.07 Å². The van der Waals surface area contributed by atoms with Gasteiger partial charge in [-0.05, 0) is 36.4 Å². The van der Waals surface area contributed by atoms with E-state index in [1.165, 1.54) is 0 Å². The third-order valence-electron chi connectivity index (χ3n) is 3.77. The molecule has 1 N–H and O–H groups in total. The van der Waals surface area contributed by atoms with Crippen LogP contribution in [0.25, 0.3) is 0 Å². The minimum atomic E-state index is -0.656. The van der Waals surface area contributed by atoms with E-state index in [0.29, 0.717) is 11.5 Å². The van der Waals surface area contributed by atoms with E-state index in [1.807, 2.05) is 61.5 Å². The first-order valence-corrected chi connectivity index (χ1v) is 8.06. The summed E-state index contributed by atoms with van der Waals surface area (Å²) in [6.45, 7) is 0.456. The Balaban J connectivity index is 1.50. The number of hydrogen-bond donors (Lipinski definition) is 1. The molecular weight excluding hydrogens is 316 g/mol. The molecule has 128 valence electrons. The van der Waals surface area contributed by atoms with E-state index in [2.05, 4.69) is 17.2 Å². The minimum absolute atomic E-state index is 0.197. The zero-order chi connectivity index (χ0) is 17.6. The Labute approximate surface area is 147 Å². The number of carbonyl (C=O) groups is 1. The number of benzene rings is 2. The highest BCUT2D eigenvalue weighted by Gasteiger charge is 2.26. The van der Waals surface area contributed by atoms with Gasteiger partial charge in [0.25, 0.3) is 5.91 Å². The van der Waals surface area contributed by atoms with E-state index in [0.717, 1.165) is 11.3 Å². The maximum absolute atomic E-state index is 12.1. The van der Waals surface area contributed by atoms with Crippen molar-refractivity contribution in [2.24, 2.45) is 0 Å². The molecule has 2 aromatic carbocycles. The zero-order valence-electron chi connectivity index (χ0n) is 14.3. The first kappa shape index (κ1) is 16.7. The lowest BCUT2D eigenvalue weighted by Gasteiger charge is -2.25. The molecule has 1 aliphatic rings. The fourth-order valence-corrected chi connectivity index (χ4v) is 2.38. The lowest BCUT2D eigenvalue weighted by atomic mass is 10.2. The Hall–Kier alpha value is -3.13. The zero-order valence-corrected chi connectivity index (χ0v) is 14.3. The number of para-hydroxylation sites is 2. The molecule has 1 unspecified atom stereocenters. The number of nitrogens with zero attached hydrogens (tertiary/aromatic N) is 1. The summed E-state index contributed by atoms with van der Waals surface area (Å²) in [5.41, 5.74) is 2.03. The number of anilines is 1. The number of rotatable bonds is 3. The van der Waals surface area contributed by atoms with Gasteiger partial charge in [-0.2, -0.15) is 0 Å². The Bertz CT molecular complexity index is 804. The second-order valence-corrected chi connectivity index (χ2v) is 5.83. The molecule has 5 heteroatoms. The van der Waals surface area contributed by atoms with Crippen molar-refractivity contribution < 1.29 is 14.3 Å². The maximum atomic E-state index is 12.1. The summed E-state index contributed by atoms with van der Waals surface area (Å²) in [4.78, 5) is 14.2. The van der Waals surface area contributed by atoms with Crippen LogP contribution in [0.15, 0.2) is 48.5 Å². The summed E-state index contributed by atoms with van der Waals surface area (Å²) in [6, 6.07) is 15.2. The molecule has 1 heterocycles. The van der Waals surface area contributed by atoms with Gasteiger partial charge in [-0.25, -0.2) is 0 Å². The highest BCUT2D eigenvalue weighted by molar-refractivity contribution is 5.82. The van der Waals surface area contributed by atoms with Crippen LogP contribution >= 0.6 is 0 Å². The standard InChI is InChI=1S/C20H20N2O3/c1-22(2)16-11-9-15(10-12-16)6-5-13-21-20(23)19-14-24-17-7-3-4-8-18(17)25-19/h3-4,7-12,19H,13-14H2,1-2H3,(H,21,23). The van der Waals surface area contributed by atoms with Gasteiger partial charge in [0.1, 0.15) is 6.61 Å². The van der Waals surface area contributed by atoms with Crippen molar-refractivity contribution in [1.82, 2.24) is 5.32 Å². The second-order valence-electron chi connectivity index (χ2n) is 5.83. The van der Waals surface area contributed by atoms with Gasteiger partial charge in [0.05, 0.1) is 6.54 Å². The second kappa shape index (κ2) is 7.63. The number of amides is 1. The van der Waals surface area contributed by atoms with E-state index in [4.69, 9.17) is 9.47 Å². The van der Waals surface area contributed by atoms with E-state index in [-0.39, 0.29) is 19.1 Å². The summed E-state index contributed by atoms with van der Waals surface area (Å²) in [5, 5.41) is 2.76. The number of hydrogen-bond acceptors (Lipinski definition) is 4. The smallest absolute Gasteiger partial charge is 0.265 e. The van der Waals surface area contributed by atoms with Crippen molar-refractivity contribution in [1.29, 1.82) is 0 Å². The summed E-state index contributed by atoms with van der Waals surface area (Å²) in [6.07, 6.45) is -0.656. The molecule has 1 aliphatic heterocycles. The summed E-state index contributed by atoms with van der Waals surface area (Å²) < 4.78 is 11.2. The first-order chi connectivity index (χ1) is 12.1. The number of carbonyl (C=O) groups excluding carboxylic acids is 1. The van der Waals surface area contributed by atoms with Gasteiger partial charge >= 0.3 is 0 Å². The summed E-state index contributed by atoms with van der Waals surface area (Å²) in [5.74, 6) is 6.99. The highest BCUT2D eigenvalue weighted by atomic mass is 16.6. The molecule has 25 heavy (non-hydrogen) atoms. The van der Waals surface area contributed by atoms with Crippen molar-refractivity contribution in [2.45, 2.75) is 6.10 Å². The van der Waals surface area contributed by atoms with Gasteiger partial charge in [-0.1, -0.05) is 24.0 Å². The number of fused-ring (bicyclic) bond motifs is 1. The van der Waals surface area contributed by atoms with Gasteiger partial charge in [0.15, 0.2) is 11.5 Å². The predicted octanol–water partition coefficient (Wildman–Crippen LogP) is 2.06. The molecular formula is C20H20N2O3. The quantitative estimate of drug-likeness (QED) is 0.872. The molecule has 0 saturated carbocycles. The van der Waals surface area contributed by atoms with E-state index < -0.39 is 6.10 Å². The highest BCUT2D eigenvalue weighted by Crippen LogP contribution is 2.30. The van der Waals surface area contributed by atoms with Crippen LogP contribution in [-0.2, 0) is 4.79 Å². The van der Waals surface area contributed by atoms with E-state index in [9.17, 15) is 4.79 Å². The molecule has 3 rings (SSSR count). The van der Waals surface area contributed by atoms with Crippen molar-refractivity contribution in [2.75, 3.05) is 32.1 Å². The molecule has 2 aromatic rings. The fraction of sp³-hybridized carbons (Fsp3) is 0.250. The van der Waals surface area contributed by atoms with Crippen LogP contribution in [0.3, 0.4) is 0 Å². The van der Waals surface area contributed by atoms with Gasteiger partial charge in [0.2, 0.25) is 6.10 Å². The van der Waals surface area contributed by atoms with Crippen molar-refractivity contribution in [3.8, 4) is 23.3 Å². The molecule has 0 aromatic heterocycles. The van der Waals surface area contributed by atoms with Crippen molar-refractivity contribution in [3.63, 3.8) is 0 Å². The maximum Gasteiger partial charge on any atom is 0.265 e. The number of ether oxygens (including phenoxy) is 2. The molecule has 5 nitrogen and oxygen atoms in total. The van der Waals surface area contributed by atoms with Crippen LogP contribution < -0.4 is 19.7 Å². The number of nitrogens with one attached hydrogen (secondary N) is 1. The SMILES string of the molecule is CN(C)c1ccc(C#CCNC(=O)C2COc3ccccc3O2)cc1. The van der Waals surface area contributed by atoms with Crippen LogP contribution in [0.4, 0.5) is 5.69 Å². The van der Waals surface area contributed by atoms with Crippen molar-refractivity contribution in [3.05, 3.63) is 54.1 Å². The molecule has 0 radical (unpaired) electrons. The van der Waals surface area contributed by atoms with Gasteiger partial charge in [0, 0.05) is 25.3 Å². The molecule has 0 bridgehead atoms. The normalized spacial score (nSPS) is 14.9. The Morgan fingerprint density at radius 3 is 2.60 bits per heavy atom. The average Bonchev–Trinajstić information content (AvgIpc) is 2.65. The molecule has 0 aliphatic carbocycles. The third-order valence-corrected chi connectivity index (χ3v) is 3.77. The Morgan fingerprint density at radius 2 is 1.88 bits per heavy atom. The van der Waals surface area contributed by atoms with Crippen LogP contribution in [0, 0.1) is 11.8 Å². The molecule has 0 fully saturated rings. The molecule has 0 saturated heterocycles. The Kier molecular flexibility index (Phi) is 5.10. The summed E-state index contributed by atoms with van der Waals surface area (Å²) >= 11 is 0. The van der Waals surface area contributed by atoms with Crippen molar-refractivity contribution >= 4 is 11.6 Å². The van der Waals surface area contributed by atoms with Gasteiger partial charge in [-0.3, -0.25) is 4.79 Å². The van der Waals surface area contributed by atoms with Crippen LogP contribution in [0.1, 0.15) is 5.56 Å². The minimum Gasteiger partial charge on any atom is -0.485 e. The predicted molar refractivity (Wildman–Crippen MR) is 97.0 cm³/mol. The lowest BCUT2D eigenvalue weighted by Crippen LogP contribution is -2.44. The molecule has 1 atom stereocenters. The Morgan fingerprint density at radius 1 is 1.16 bits per heavy atom. The average molecular weight is 336 g/mol. The fourth-order valence-electron chi connectivity index (χ4n) is 2.38. The largest absolute Gasteiger partial charge is 0.485 e. The van der Waals surface area contributed by atoms with Gasteiger partial charge < -0.3 is 19.7 Å². The van der Waals surface area contributed by atoms with Crippen LogP contribution in [0.2, 0.25) is 0 Å². The molecule has 0 spiro atoms. The van der Waals surface area contributed by atoms with Crippen LogP contribution in [-0.4, -0.2) is 39.3 Å². The summed E-state index contributed by atoms with van der Waals surface area (Å²) in [7, 11) is 3.98.